The van der Waals surface area contributed by atoms with Crippen LogP contribution in [-0.2, 0) is 0 Å². The summed E-state index contributed by atoms with van der Waals surface area (Å²) in [7, 11) is 0. The van der Waals surface area contributed by atoms with Crippen LogP contribution in [0, 0.1) is 5.41 Å². The standard InChI is InChI=1S/C13H14N2O/c16-11-9-4-2-1-3-8(9)10-7-13(10,11)12-14-5-6-15-12/h1-4,10-11,16H,5-7H2,(H,14,15)/t10-,11-,13-/m0/s1. The monoisotopic (exact) mass is 214 g/mol. The largest absolute Gasteiger partial charge is 0.387 e. The number of aliphatic imine (C=N–C) groups is 1. The third-order valence-electron chi connectivity index (χ3n) is 4.27. The normalized spacial score (nSPS) is 38.7. The number of nitrogens with one attached hydrogen (secondary N) is 1. The van der Waals surface area contributed by atoms with Crippen LogP contribution in [0.2, 0.25) is 0 Å². The summed E-state index contributed by atoms with van der Waals surface area (Å²) in [4.78, 5) is 4.51. The van der Waals surface area contributed by atoms with E-state index in [1.54, 1.807) is 0 Å². The molecule has 0 saturated heterocycles. The molecule has 0 unspecified atom stereocenters. The van der Waals surface area contributed by atoms with E-state index in [2.05, 4.69) is 22.4 Å². The number of benzene rings is 1. The van der Waals surface area contributed by atoms with Gasteiger partial charge in [-0.05, 0) is 17.5 Å². The van der Waals surface area contributed by atoms with Crippen molar-refractivity contribution in [2.45, 2.75) is 18.4 Å². The molecule has 2 N–H and O–H groups in total. The van der Waals surface area contributed by atoms with Crippen LogP contribution < -0.4 is 5.32 Å². The van der Waals surface area contributed by atoms with Crippen molar-refractivity contribution in [2.24, 2.45) is 10.4 Å². The Morgan fingerprint density at radius 2 is 2.12 bits per heavy atom. The second-order valence-corrected chi connectivity index (χ2v) is 4.99. The number of hydrogen-bond acceptors (Lipinski definition) is 3. The number of rotatable bonds is 1. The molecule has 3 aliphatic rings. The van der Waals surface area contributed by atoms with E-state index in [-0.39, 0.29) is 11.5 Å². The van der Waals surface area contributed by atoms with Crippen LogP contribution in [0.5, 0.6) is 0 Å². The van der Waals surface area contributed by atoms with Crippen molar-refractivity contribution in [1.29, 1.82) is 0 Å². The first kappa shape index (κ1) is 8.76. The molecule has 0 aromatic heterocycles. The fraction of sp³-hybridized carbons (Fsp3) is 0.462. The molecule has 3 atom stereocenters. The topological polar surface area (TPSA) is 44.6 Å². The zero-order valence-electron chi connectivity index (χ0n) is 8.98. The number of nitrogens with zero attached hydrogens (tertiary/aromatic N) is 1. The Kier molecular flexibility index (Phi) is 1.46. The first-order valence-electron chi connectivity index (χ1n) is 5.90. The Hall–Kier alpha value is -1.35. The zero-order valence-corrected chi connectivity index (χ0v) is 8.98. The number of aliphatic hydroxyl groups is 1. The second kappa shape index (κ2) is 2.66. The molecule has 0 radical (unpaired) electrons. The van der Waals surface area contributed by atoms with Crippen molar-refractivity contribution < 1.29 is 5.11 Å². The van der Waals surface area contributed by atoms with E-state index in [1.807, 2.05) is 12.1 Å². The van der Waals surface area contributed by atoms with E-state index in [0.29, 0.717) is 5.92 Å². The average Bonchev–Trinajstić information content (AvgIpc) is 2.73. The van der Waals surface area contributed by atoms with Crippen LogP contribution in [0.4, 0.5) is 0 Å². The second-order valence-electron chi connectivity index (χ2n) is 4.99. The van der Waals surface area contributed by atoms with Gasteiger partial charge in [-0.1, -0.05) is 24.3 Å². The van der Waals surface area contributed by atoms with E-state index in [0.717, 1.165) is 30.9 Å². The summed E-state index contributed by atoms with van der Waals surface area (Å²) in [5.41, 5.74) is 2.33. The van der Waals surface area contributed by atoms with Crippen molar-refractivity contribution in [1.82, 2.24) is 5.32 Å². The molecule has 0 spiro atoms. The Balaban J connectivity index is 1.83. The maximum atomic E-state index is 10.5. The Bertz CT molecular complexity index is 481. The molecular weight excluding hydrogens is 200 g/mol. The Morgan fingerprint density at radius 1 is 1.31 bits per heavy atom. The van der Waals surface area contributed by atoms with Gasteiger partial charge in [-0.25, -0.2) is 0 Å². The molecule has 1 aromatic carbocycles. The van der Waals surface area contributed by atoms with Gasteiger partial charge in [0.25, 0.3) is 0 Å². The fourth-order valence-electron chi connectivity index (χ4n) is 3.42. The maximum Gasteiger partial charge on any atom is 0.106 e. The lowest BCUT2D eigenvalue weighted by atomic mass is 9.96. The Labute approximate surface area is 94.2 Å². The molecule has 82 valence electrons. The minimum absolute atomic E-state index is 0.0970. The van der Waals surface area contributed by atoms with Gasteiger partial charge in [0.05, 0.1) is 18.1 Å². The first-order valence-corrected chi connectivity index (χ1v) is 5.90. The quantitative estimate of drug-likeness (QED) is 0.738. The van der Waals surface area contributed by atoms with Gasteiger partial charge in [-0.3, -0.25) is 4.99 Å². The summed E-state index contributed by atoms with van der Waals surface area (Å²) in [6, 6.07) is 8.26. The molecule has 0 bridgehead atoms. The lowest BCUT2D eigenvalue weighted by molar-refractivity contribution is 0.134. The van der Waals surface area contributed by atoms with Gasteiger partial charge in [-0.15, -0.1) is 0 Å². The highest BCUT2D eigenvalue weighted by Gasteiger charge is 2.68. The van der Waals surface area contributed by atoms with Crippen molar-refractivity contribution >= 4 is 5.84 Å². The SMILES string of the molecule is O[C@H]1c2ccccc2[C@@H]2C[C@@]12C1=NCCN1. The van der Waals surface area contributed by atoms with Crippen molar-refractivity contribution in [2.75, 3.05) is 13.1 Å². The summed E-state index contributed by atoms with van der Waals surface area (Å²) >= 11 is 0. The van der Waals surface area contributed by atoms with E-state index in [4.69, 9.17) is 0 Å². The van der Waals surface area contributed by atoms with E-state index in [9.17, 15) is 5.11 Å². The van der Waals surface area contributed by atoms with Crippen LogP contribution in [0.25, 0.3) is 0 Å². The molecule has 3 nitrogen and oxygen atoms in total. The van der Waals surface area contributed by atoms with E-state index < -0.39 is 0 Å². The predicted octanol–water partition coefficient (Wildman–Crippen LogP) is 1.21. The maximum absolute atomic E-state index is 10.5. The van der Waals surface area contributed by atoms with Crippen molar-refractivity contribution in [3.63, 3.8) is 0 Å². The lowest BCUT2D eigenvalue weighted by Crippen LogP contribution is -2.32. The number of amidine groups is 1. The molecule has 1 aromatic rings. The molecule has 1 heterocycles. The van der Waals surface area contributed by atoms with Gasteiger partial charge < -0.3 is 10.4 Å². The summed E-state index contributed by atoms with van der Waals surface area (Å²) in [5.74, 6) is 1.53. The number of fused-ring (bicyclic) bond motifs is 3. The fourth-order valence-corrected chi connectivity index (χ4v) is 3.42. The van der Waals surface area contributed by atoms with E-state index >= 15 is 0 Å². The van der Waals surface area contributed by atoms with Gasteiger partial charge in [0.1, 0.15) is 5.84 Å². The predicted molar refractivity (Wildman–Crippen MR) is 61.5 cm³/mol. The third kappa shape index (κ3) is 0.824. The van der Waals surface area contributed by atoms with Crippen LogP contribution in [0.15, 0.2) is 29.3 Å². The molecule has 4 rings (SSSR count). The van der Waals surface area contributed by atoms with Gasteiger partial charge in [0.15, 0.2) is 0 Å². The molecule has 3 heteroatoms. The highest BCUT2D eigenvalue weighted by atomic mass is 16.3. The molecule has 1 aliphatic heterocycles. The summed E-state index contributed by atoms with van der Waals surface area (Å²) in [6.45, 7) is 1.78. The minimum atomic E-state index is -0.363. The zero-order chi connectivity index (χ0) is 10.8. The van der Waals surface area contributed by atoms with Gasteiger partial charge in [-0.2, -0.15) is 0 Å². The molecule has 1 fully saturated rings. The smallest absolute Gasteiger partial charge is 0.106 e. The Morgan fingerprint density at radius 3 is 2.81 bits per heavy atom. The molecule has 1 saturated carbocycles. The first-order chi connectivity index (χ1) is 7.84. The average molecular weight is 214 g/mol. The molecular formula is C13H14N2O. The van der Waals surface area contributed by atoms with Crippen molar-refractivity contribution in [3.05, 3.63) is 35.4 Å². The van der Waals surface area contributed by atoms with Crippen LogP contribution >= 0.6 is 0 Å². The summed E-state index contributed by atoms with van der Waals surface area (Å²) in [5, 5.41) is 13.8. The lowest BCUT2D eigenvalue weighted by Gasteiger charge is -2.19. The highest BCUT2D eigenvalue weighted by molar-refractivity contribution is 5.95. The highest BCUT2D eigenvalue weighted by Crippen LogP contribution is 2.72. The van der Waals surface area contributed by atoms with Crippen molar-refractivity contribution in [3.8, 4) is 0 Å². The summed E-state index contributed by atoms with van der Waals surface area (Å²) in [6.07, 6.45) is 0.690. The minimum Gasteiger partial charge on any atom is -0.387 e. The van der Waals surface area contributed by atoms with Gasteiger partial charge in [0.2, 0.25) is 0 Å². The third-order valence-corrected chi connectivity index (χ3v) is 4.27. The van der Waals surface area contributed by atoms with Crippen LogP contribution in [0.3, 0.4) is 0 Å². The van der Waals surface area contributed by atoms with Gasteiger partial charge in [0, 0.05) is 12.5 Å². The number of aliphatic hydroxyl groups excluding tert-OH is 1. The number of hydrogen-bond donors (Lipinski definition) is 2. The summed E-state index contributed by atoms with van der Waals surface area (Å²) < 4.78 is 0. The van der Waals surface area contributed by atoms with Gasteiger partial charge >= 0.3 is 0 Å². The van der Waals surface area contributed by atoms with Crippen LogP contribution in [-0.4, -0.2) is 24.0 Å². The van der Waals surface area contributed by atoms with Crippen LogP contribution in [0.1, 0.15) is 29.6 Å². The molecule has 2 aliphatic carbocycles. The molecule has 16 heavy (non-hydrogen) atoms. The van der Waals surface area contributed by atoms with E-state index in [1.165, 1.54) is 5.56 Å². The molecule has 0 amide bonds.